The van der Waals surface area contributed by atoms with Crippen molar-refractivity contribution in [3.05, 3.63) is 0 Å². The Morgan fingerprint density at radius 2 is 2.31 bits per heavy atom. The minimum Gasteiger partial charge on any atom is -0.356 e. The fourth-order valence-electron chi connectivity index (χ4n) is 1.31. The third-order valence-electron chi connectivity index (χ3n) is 2.06. The van der Waals surface area contributed by atoms with E-state index in [1.54, 1.807) is 0 Å². The number of hydrogen-bond acceptors (Lipinski definition) is 4. The molecule has 0 aromatic heterocycles. The van der Waals surface area contributed by atoms with Crippen LogP contribution in [0.4, 0.5) is 0 Å². The summed E-state index contributed by atoms with van der Waals surface area (Å²) in [7, 11) is -2.41. The number of amides is 1. The van der Waals surface area contributed by atoms with E-state index in [9.17, 15) is 13.2 Å². The maximum atomic E-state index is 11.2. The second-order valence-electron chi connectivity index (χ2n) is 3.02. The van der Waals surface area contributed by atoms with E-state index in [0.717, 1.165) is 13.5 Å². The van der Waals surface area contributed by atoms with Crippen LogP contribution in [0.1, 0.15) is 12.8 Å². The summed E-state index contributed by atoms with van der Waals surface area (Å²) in [4.78, 5) is 11.2. The normalized spacial score (nSPS) is 24.1. The molecule has 1 rings (SSSR count). The summed E-state index contributed by atoms with van der Waals surface area (Å²) < 4.78 is 26.3. The summed E-state index contributed by atoms with van der Waals surface area (Å²) >= 11 is 0. The summed E-state index contributed by atoms with van der Waals surface area (Å²) in [6.07, 6.45) is 1.45. The van der Waals surface area contributed by atoms with Crippen molar-refractivity contribution in [1.82, 2.24) is 5.32 Å². The van der Waals surface area contributed by atoms with Crippen LogP contribution in [0.15, 0.2) is 0 Å². The molecule has 1 N–H and O–H groups in total. The molecule has 1 aliphatic heterocycles. The van der Waals surface area contributed by atoms with Gasteiger partial charge in [-0.25, -0.2) is 0 Å². The fourth-order valence-corrected chi connectivity index (χ4v) is 2.26. The number of rotatable bonds is 3. The Bertz CT molecular complexity index is 285. The molecule has 0 bridgehead atoms. The van der Waals surface area contributed by atoms with E-state index in [1.807, 2.05) is 0 Å². The molecule has 1 fully saturated rings. The van der Waals surface area contributed by atoms with Crippen molar-refractivity contribution in [1.29, 1.82) is 0 Å². The van der Waals surface area contributed by atoms with Gasteiger partial charge in [-0.05, 0) is 12.8 Å². The van der Waals surface area contributed by atoms with Gasteiger partial charge in [-0.3, -0.25) is 8.98 Å². The molecule has 1 amide bonds. The average molecular weight is 207 g/mol. The first-order chi connectivity index (χ1) is 6.05. The maximum Gasteiger partial charge on any atom is 0.267 e. The van der Waals surface area contributed by atoms with E-state index < -0.39 is 16.0 Å². The number of carbonyl (C=O) groups excluding carboxylic acids is 1. The highest BCUT2D eigenvalue weighted by Crippen LogP contribution is 2.14. The van der Waals surface area contributed by atoms with Crippen molar-refractivity contribution in [2.45, 2.75) is 12.8 Å². The highest BCUT2D eigenvalue weighted by Gasteiger charge is 2.27. The fraction of sp³-hybridized carbons (Fsp3) is 0.857. The van der Waals surface area contributed by atoms with Crippen molar-refractivity contribution < 1.29 is 17.4 Å². The average Bonchev–Trinajstić information content (AvgIpc) is 2.09. The van der Waals surface area contributed by atoms with Crippen LogP contribution in [0.5, 0.6) is 0 Å². The van der Waals surface area contributed by atoms with Gasteiger partial charge < -0.3 is 5.32 Å². The summed E-state index contributed by atoms with van der Waals surface area (Å²) in [5, 5.41) is 2.62. The van der Waals surface area contributed by atoms with Crippen molar-refractivity contribution >= 4 is 16.0 Å². The number of hydrogen-bond donors (Lipinski definition) is 1. The van der Waals surface area contributed by atoms with Gasteiger partial charge in [0.1, 0.15) is 0 Å². The molecule has 0 spiro atoms. The number of nitrogens with one attached hydrogen (secondary N) is 1. The van der Waals surface area contributed by atoms with Gasteiger partial charge in [-0.15, -0.1) is 0 Å². The second kappa shape index (κ2) is 4.06. The van der Waals surface area contributed by atoms with Gasteiger partial charge >= 0.3 is 0 Å². The zero-order chi connectivity index (χ0) is 9.90. The minimum atomic E-state index is -3.51. The standard InChI is InChI=1S/C7H13NO4S/c1-12-13(10,11)5-6-3-2-4-8-7(6)9/h6H,2-5H2,1H3,(H,8,9). The summed E-state index contributed by atoms with van der Waals surface area (Å²) in [6.45, 7) is 0.641. The van der Waals surface area contributed by atoms with Crippen LogP contribution in [0.2, 0.25) is 0 Å². The third-order valence-corrected chi connectivity index (χ3v) is 3.38. The van der Waals surface area contributed by atoms with Gasteiger partial charge in [0.25, 0.3) is 10.1 Å². The van der Waals surface area contributed by atoms with Gasteiger partial charge in [0.2, 0.25) is 5.91 Å². The molecule has 0 aromatic rings. The lowest BCUT2D eigenvalue weighted by Crippen LogP contribution is -2.39. The second-order valence-corrected chi connectivity index (χ2v) is 4.80. The van der Waals surface area contributed by atoms with Gasteiger partial charge in [0, 0.05) is 6.54 Å². The predicted molar refractivity (Wildman–Crippen MR) is 46.5 cm³/mol. The smallest absolute Gasteiger partial charge is 0.267 e. The topological polar surface area (TPSA) is 72.5 Å². The molecule has 1 saturated heterocycles. The molecule has 0 saturated carbocycles. The van der Waals surface area contributed by atoms with Gasteiger partial charge in [-0.1, -0.05) is 0 Å². The monoisotopic (exact) mass is 207 g/mol. The lowest BCUT2D eigenvalue weighted by molar-refractivity contribution is -0.125. The van der Waals surface area contributed by atoms with E-state index in [1.165, 1.54) is 0 Å². The highest BCUT2D eigenvalue weighted by atomic mass is 32.2. The minimum absolute atomic E-state index is 0.188. The summed E-state index contributed by atoms with van der Waals surface area (Å²) in [5.41, 5.74) is 0. The first kappa shape index (κ1) is 10.5. The Morgan fingerprint density at radius 3 is 2.85 bits per heavy atom. The lowest BCUT2D eigenvalue weighted by atomic mass is 10.0. The molecule has 76 valence electrons. The molecule has 1 aliphatic rings. The predicted octanol–water partition coefficient (Wildman–Crippen LogP) is -0.511. The molecule has 1 atom stereocenters. The largest absolute Gasteiger partial charge is 0.356 e. The van der Waals surface area contributed by atoms with Crippen LogP contribution in [-0.2, 0) is 19.1 Å². The molecular formula is C7H13NO4S. The Kier molecular flexibility index (Phi) is 3.27. The molecule has 1 heterocycles. The van der Waals surface area contributed by atoms with Crippen molar-refractivity contribution in [2.24, 2.45) is 5.92 Å². The van der Waals surface area contributed by atoms with Crippen LogP contribution in [0, 0.1) is 5.92 Å². The Morgan fingerprint density at radius 1 is 1.62 bits per heavy atom. The molecule has 5 nitrogen and oxygen atoms in total. The van der Waals surface area contributed by atoms with Crippen molar-refractivity contribution in [3.8, 4) is 0 Å². The maximum absolute atomic E-state index is 11.2. The summed E-state index contributed by atoms with van der Waals surface area (Å²) in [6, 6.07) is 0. The number of piperidine rings is 1. The molecule has 6 heteroatoms. The quantitative estimate of drug-likeness (QED) is 0.632. The number of carbonyl (C=O) groups is 1. The SMILES string of the molecule is COS(=O)(=O)CC1CCCNC1=O. The van der Waals surface area contributed by atoms with Crippen LogP contribution >= 0.6 is 0 Å². The molecule has 0 aromatic carbocycles. The summed E-state index contributed by atoms with van der Waals surface area (Å²) in [5.74, 6) is -0.847. The van der Waals surface area contributed by atoms with E-state index in [2.05, 4.69) is 9.50 Å². The Hall–Kier alpha value is -0.620. The van der Waals surface area contributed by atoms with E-state index in [0.29, 0.717) is 13.0 Å². The van der Waals surface area contributed by atoms with Gasteiger partial charge in [0.15, 0.2) is 0 Å². The van der Waals surface area contributed by atoms with Crippen LogP contribution < -0.4 is 5.32 Å². The van der Waals surface area contributed by atoms with E-state index in [4.69, 9.17) is 0 Å². The first-order valence-corrected chi connectivity index (χ1v) is 5.69. The van der Waals surface area contributed by atoms with Gasteiger partial charge in [0.05, 0.1) is 18.8 Å². The molecular weight excluding hydrogens is 194 g/mol. The lowest BCUT2D eigenvalue weighted by Gasteiger charge is -2.20. The van der Waals surface area contributed by atoms with Crippen LogP contribution in [0.25, 0.3) is 0 Å². The molecule has 0 radical (unpaired) electrons. The van der Waals surface area contributed by atoms with E-state index >= 15 is 0 Å². The van der Waals surface area contributed by atoms with Crippen LogP contribution in [-0.4, -0.2) is 33.7 Å². The Labute approximate surface area is 77.6 Å². The Balaban J connectivity index is 2.57. The zero-order valence-electron chi connectivity index (χ0n) is 7.45. The van der Waals surface area contributed by atoms with Crippen molar-refractivity contribution in [3.63, 3.8) is 0 Å². The highest BCUT2D eigenvalue weighted by molar-refractivity contribution is 7.86. The third kappa shape index (κ3) is 2.96. The zero-order valence-corrected chi connectivity index (χ0v) is 8.26. The van der Waals surface area contributed by atoms with Gasteiger partial charge in [-0.2, -0.15) is 8.42 Å². The van der Waals surface area contributed by atoms with E-state index in [-0.39, 0.29) is 11.7 Å². The molecule has 13 heavy (non-hydrogen) atoms. The molecule has 0 aliphatic carbocycles. The van der Waals surface area contributed by atoms with Crippen LogP contribution in [0.3, 0.4) is 0 Å². The first-order valence-electron chi connectivity index (χ1n) is 4.11. The molecule has 1 unspecified atom stereocenters. The van der Waals surface area contributed by atoms with Crippen molar-refractivity contribution in [2.75, 3.05) is 19.4 Å².